The molecule has 0 saturated carbocycles. The normalized spacial score (nSPS) is 19.3. The maximum absolute atomic E-state index is 5.09. The summed E-state index contributed by atoms with van der Waals surface area (Å²) in [4.78, 5) is 4.01. The van der Waals surface area contributed by atoms with Crippen LogP contribution >= 0.6 is 0 Å². The first-order valence-electron chi connectivity index (χ1n) is 4.32. The fraction of sp³-hybridized carbons (Fsp3) is 0.625. The minimum atomic E-state index is 0.518. The monoisotopic (exact) mass is 167 g/mol. The van der Waals surface area contributed by atoms with E-state index in [0.717, 1.165) is 25.9 Å². The van der Waals surface area contributed by atoms with Gasteiger partial charge in [0.05, 0.1) is 6.20 Å². The molecule has 4 heteroatoms. The van der Waals surface area contributed by atoms with Crippen molar-refractivity contribution < 1.29 is 4.42 Å². The summed E-state index contributed by atoms with van der Waals surface area (Å²) in [5.74, 6) is 0. The Balaban J connectivity index is 1.86. The van der Waals surface area contributed by atoms with Crippen LogP contribution in [0.2, 0.25) is 0 Å². The zero-order valence-electron chi connectivity index (χ0n) is 6.92. The lowest BCUT2D eigenvalue weighted by Gasteiger charge is -2.22. The molecule has 0 bridgehead atoms. The molecule has 2 N–H and O–H groups in total. The van der Waals surface area contributed by atoms with Gasteiger partial charge >= 0.3 is 0 Å². The smallest absolute Gasteiger partial charge is 0.294 e. The van der Waals surface area contributed by atoms with Gasteiger partial charge in [0.1, 0.15) is 6.26 Å². The molecule has 1 aromatic rings. The minimum absolute atomic E-state index is 0.518. The summed E-state index contributed by atoms with van der Waals surface area (Å²) in [6.07, 6.45) is 5.53. The van der Waals surface area contributed by atoms with Crippen LogP contribution in [-0.2, 0) is 0 Å². The van der Waals surface area contributed by atoms with E-state index in [2.05, 4.69) is 15.6 Å². The van der Waals surface area contributed by atoms with E-state index in [4.69, 9.17) is 4.42 Å². The molecule has 1 aromatic heterocycles. The van der Waals surface area contributed by atoms with E-state index in [-0.39, 0.29) is 0 Å². The maximum atomic E-state index is 5.09. The van der Waals surface area contributed by atoms with Gasteiger partial charge in [-0.1, -0.05) is 0 Å². The first-order chi connectivity index (χ1) is 5.95. The Hall–Kier alpha value is -1.03. The second-order valence-electron chi connectivity index (χ2n) is 3.01. The molecule has 0 atom stereocenters. The van der Waals surface area contributed by atoms with Crippen molar-refractivity contribution in [1.29, 1.82) is 0 Å². The van der Waals surface area contributed by atoms with Crippen LogP contribution in [0.25, 0.3) is 0 Å². The number of piperidine rings is 1. The molecular formula is C8H13N3O. The van der Waals surface area contributed by atoms with Crippen molar-refractivity contribution in [2.45, 2.75) is 18.9 Å². The molecule has 66 valence electrons. The Bertz CT molecular complexity index is 216. The van der Waals surface area contributed by atoms with Gasteiger partial charge in [0, 0.05) is 6.04 Å². The molecule has 1 aliphatic heterocycles. The summed E-state index contributed by atoms with van der Waals surface area (Å²) in [5, 5.41) is 6.55. The quantitative estimate of drug-likeness (QED) is 0.685. The number of nitrogens with zero attached hydrogens (tertiary/aromatic N) is 1. The maximum Gasteiger partial charge on any atom is 0.294 e. The second kappa shape index (κ2) is 3.58. The van der Waals surface area contributed by atoms with E-state index in [1.807, 2.05) is 0 Å². The highest BCUT2D eigenvalue weighted by Crippen LogP contribution is 2.10. The van der Waals surface area contributed by atoms with Gasteiger partial charge in [0.2, 0.25) is 0 Å². The molecular weight excluding hydrogens is 154 g/mol. The number of anilines is 1. The van der Waals surface area contributed by atoms with Crippen LogP contribution in [0, 0.1) is 0 Å². The zero-order valence-corrected chi connectivity index (χ0v) is 6.92. The zero-order chi connectivity index (χ0) is 8.23. The largest absolute Gasteiger partial charge is 0.432 e. The van der Waals surface area contributed by atoms with Gasteiger partial charge in [-0.05, 0) is 25.9 Å². The van der Waals surface area contributed by atoms with Crippen molar-refractivity contribution in [3.63, 3.8) is 0 Å². The van der Waals surface area contributed by atoms with Crippen LogP contribution in [0.3, 0.4) is 0 Å². The highest BCUT2D eigenvalue weighted by Gasteiger charge is 2.13. The third kappa shape index (κ3) is 1.76. The van der Waals surface area contributed by atoms with Gasteiger partial charge in [-0.2, -0.15) is 0 Å². The van der Waals surface area contributed by atoms with Crippen LogP contribution in [0.1, 0.15) is 12.8 Å². The molecule has 0 amide bonds. The van der Waals surface area contributed by atoms with E-state index in [1.54, 1.807) is 12.5 Å². The molecule has 4 nitrogen and oxygen atoms in total. The molecule has 1 aliphatic rings. The molecule has 1 saturated heterocycles. The molecule has 1 fully saturated rings. The summed E-state index contributed by atoms with van der Waals surface area (Å²) in [6, 6.07) is 1.16. The number of aromatic nitrogens is 1. The predicted octanol–water partition coefficient (Wildman–Crippen LogP) is 0.838. The van der Waals surface area contributed by atoms with E-state index in [9.17, 15) is 0 Å². The fourth-order valence-electron chi connectivity index (χ4n) is 1.44. The topological polar surface area (TPSA) is 50.1 Å². The molecule has 0 radical (unpaired) electrons. The lowest BCUT2D eigenvalue weighted by molar-refractivity contribution is 0.462. The van der Waals surface area contributed by atoms with Gasteiger partial charge in [-0.3, -0.25) is 0 Å². The lowest BCUT2D eigenvalue weighted by atomic mass is 10.1. The Labute approximate surface area is 71.4 Å². The first-order valence-corrected chi connectivity index (χ1v) is 4.32. The lowest BCUT2D eigenvalue weighted by Crippen LogP contribution is -2.35. The average molecular weight is 167 g/mol. The van der Waals surface area contributed by atoms with Gasteiger partial charge < -0.3 is 15.1 Å². The third-order valence-electron chi connectivity index (χ3n) is 2.10. The molecule has 0 unspecified atom stereocenters. The number of oxazole rings is 1. The van der Waals surface area contributed by atoms with Gasteiger partial charge in [-0.15, -0.1) is 0 Å². The fourth-order valence-corrected chi connectivity index (χ4v) is 1.44. The molecule has 12 heavy (non-hydrogen) atoms. The summed E-state index contributed by atoms with van der Waals surface area (Å²) in [7, 11) is 0. The van der Waals surface area contributed by atoms with Crippen LogP contribution < -0.4 is 10.6 Å². The van der Waals surface area contributed by atoms with Gasteiger partial charge in [0.15, 0.2) is 0 Å². The average Bonchev–Trinajstić information content (AvgIpc) is 2.59. The standard InChI is InChI=1S/C8H13N3O/c1-3-9-4-2-7(1)11-8-10-5-6-12-8/h5-7,9H,1-4H2,(H,10,11). The third-order valence-corrected chi connectivity index (χ3v) is 2.10. The molecule has 2 rings (SSSR count). The predicted molar refractivity (Wildman–Crippen MR) is 46.0 cm³/mol. The van der Waals surface area contributed by atoms with Crippen molar-refractivity contribution >= 4 is 6.01 Å². The van der Waals surface area contributed by atoms with Crippen molar-refractivity contribution in [1.82, 2.24) is 10.3 Å². The Kier molecular flexibility index (Phi) is 2.27. The van der Waals surface area contributed by atoms with Gasteiger partial charge in [-0.25, -0.2) is 4.98 Å². The summed E-state index contributed by atoms with van der Waals surface area (Å²) in [6.45, 7) is 2.16. The molecule has 2 heterocycles. The number of rotatable bonds is 2. The van der Waals surface area contributed by atoms with E-state index in [1.165, 1.54) is 0 Å². The summed E-state index contributed by atoms with van der Waals surface area (Å²) in [5.41, 5.74) is 0. The molecule has 0 spiro atoms. The van der Waals surface area contributed by atoms with E-state index >= 15 is 0 Å². The van der Waals surface area contributed by atoms with Crippen molar-refractivity contribution in [2.24, 2.45) is 0 Å². The second-order valence-corrected chi connectivity index (χ2v) is 3.01. The summed E-state index contributed by atoms with van der Waals surface area (Å²) < 4.78 is 5.09. The molecule has 0 aromatic carbocycles. The Morgan fingerprint density at radius 1 is 1.50 bits per heavy atom. The van der Waals surface area contributed by atoms with Crippen LogP contribution in [0.15, 0.2) is 16.9 Å². The Morgan fingerprint density at radius 3 is 3.00 bits per heavy atom. The van der Waals surface area contributed by atoms with Crippen molar-refractivity contribution in [2.75, 3.05) is 18.4 Å². The number of hydrogen-bond donors (Lipinski definition) is 2. The minimum Gasteiger partial charge on any atom is -0.432 e. The summed E-state index contributed by atoms with van der Waals surface area (Å²) >= 11 is 0. The highest BCUT2D eigenvalue weighted by molar-refractivity contribution is 5.20. The van der Waals surface area contributed by atoms with Crippen LogP contribution in [-0.4, -0.2) is 24.1 Å². The van der Waals surface area contributed by atoms with Crippen molar-refractivity contribution in [3.05, 3.63) is 12.5 Å². The molecule has 0 aliphatic carbocycles. The van der Waals surface area contributed by atoms with Crippen molar-refractivity contribution in [3.8, 4) is 0 Å². The first kappa shape index (κ1) is 7.61. The number of nitrogens with one attached hydrogen (secondary N) is 2. The Morgan fingerprint density at radius 2 is 2.33 bits per heavy atom. The SMILES string of the molecule is c1coc(NC2CCNCC2)n1. The van der Waals surface area contributed by atoms with Gasteiger partial charge in [0.25, 0.3) is 6.01 Å². The number of hydrogen-bond acceptors (Lipinski definition) is 4. The highest BCUT2D eigenvalue weighted by atomic mass is 16.4. The van der Waals surface area contributed by atoms with E-state index < -0.39 is 0 Å². The van der Waals surface area contributed by atoms with Crippen LogP contribution in [0.4, 0.5) is 6.01 Å². The van der Waals surface area contributed by atoms with Crippen LogP contribution in [0.5, 0.6) is 0 Å². The van der Waals surface area contributed by atoms with E-state index in [0.29, 0.717) is 12.1 Å².